The van der Waals surface area contributed by atoms with Gasteiger partial charge in [-0.05, 0) is 57.6 Å². The van der Waals surface area contributed by atoms with Gasteiger partial charge in [-0.2, -0.15) is 18.3 Å². The number of hydrogen-bond acceptors (Lipinski definition) is 6. The minimum absolute atomic E-state index is 0.286. The van der Waals surface area contributed by atoms with Gasteiger partial charge in [-0.1, -0.05) is 24.3 Å². The van der Waals surface area contributed by atoms with Gasteiger partial charge in [0, 0.05) is 19.2 Å². The lowest BCUT2D eigenvalue weighted by atomic mass is 10.1. The number of esters is 1. The summed E-state index contributed by atoms with van der Waals surface area (Å²) in [4.78, 5) is 18.6. The molecule has 0 aliphatic rings. The van der Waals surface area contributed by atoms with Gasteiger partial charge in [0.1, 0.15) is 11.6 Å². The van der Waals surface area contributed by atoms with Crippen LogP contribution in [0.2, 0.25) is 0 Å². The summed E-state index contributed by atoms with van der Waals surface area (Å²) in [5.74, 6) is 1.18. The Morgan fingerprint density at radius 1 is 1.03 bits per heavy atom. The minimum atomic E-state index is -4.38. The van der Waals surface area contributed by atoms with Crippen molar-refractivity contribution in [1.29, 1.82) is 0 Å². The highest BCUT2D eigenvalue weighted by Crippen LogP contribution is 2.30. The number of rotatable bonds is 9. The largest absolute Gasteiger partial charge is 0.476 e. The van der Waals surface area contributed by atoms with Gasteiger partial charge in [-0.15, -0.1) is 0 Å². The summed E-state index contributed by atoms with van der Waals surface area (Å²) in [6.45, 7) is 6.45. The molecule has 0 bridgehead atoms. The standard InChI is InChI=1S/C25H29F3N4O3/c1-6-34-23(33)24(2,3)35-20-13-7-17(8-14-20)15-31(4)16-21-29-22(30-32(21)5)18-9-11-19(12-10-18)25(26,27)28/h7-14H,6,15-16H2,1-5H3. The zero-order chi connectivity index (χ0) is 25.8. The van der Waals surface area contributed by atoms with Gasteiger partial charge in [0.15, 0.2) is 11.4 Å². The molecule has 0 aliphatic heterocycles. The van der Waals surface area contributed by atoms with Gasteiger partial charge in [0.2, 0.25) is 0 Å². The first-order valence-corrected chi connectivity index (χ1v) is 11.1. The highest BCUT2D eigenvalue weighted by molar-refractivity contribution is 5.79. The van der Waals surface area contributed by atoms with Gasteiger partial charge >= 0.3 is 12.1 Å². The maximum atomic E-state index is 12.8. The number of ether oxygens (including phenoxy) is 2. The van der Waals surface area contributed by atoms with Crippen molar-refractivity contribution in [3.05, 3.63) is 65.5 Å². The second-order valence-corrected chi connectivity index (χ2v) is 8.70. The Morgan fingerprint density at radius 2 is 1.66 bits per heavy atom. The molecule has 1 heterocycles. The van der Waals surface area contributed by atoms with Gasteiger partial charge in [0.25, 0.3) is 0 Å². The SMILES string of the molecule is CCOC(=O)C(C)(C)Oc1ccc(CN(C)Cc2nc(-c3ccc(C(F)(F)F)cc3)nn2C)cc1. The fourth-order valence-corrected chi connectivity index (χ4v) is 3.40. The van der Waals surface area contributed by atoms with E-state index in [0.717, 1.165) is 17.7 Å². The highest BCUT2D eigenvalue weighted by atomic mass is 19.4. The van der Waals surface area contributed by atoms with E-state index in [-0.39, 0.29) is 6.61 Å². The molecule has 3 aromatic rings. The molecule has 0 saturated carbocycles. The Balaban J connectivity index is 1.61. The molecule has 188 valence electrons. The van der Waals surface area contributed by atoms with Crippen molar-refractivity contribution in [2.75, 3.05) is 13.7 Å². The second kappa shape index (κ2) is 10.5. The molecule has 0 radical (unpaired) electrons. The molecule has 0 spiro atoms. The van der Waals surface area contributed by atoms with Crippen LogP contribution in [0.25, 0.3) is 11.4 Å². The van der Waals surface area contributed by atoms with E-state index in [4.69, 9.17) is 9.47 Å². The summed E-state index contributed by atoms with van der Waals surface area (Å²) in [6, 6.07) is 12.2. The van der Waals surface area contributed by atoms with E-state index in [1.165, 1.54) is 12.1 Å². The normalized spacial score (nSPS) is 12.1. The molecule has 0 N–H and O–H groups in total. The van der Waals surface area contributed by atoms with Crippen LogP contribution in [-0.2, 0) is 35.8 Å². The minimum Gasteiger partial charge on any atom is -0.476 e. The van der Waals surface area contributed by atoms with E-state index in [1.54, 1.807) is 44.6 Å². The number of nitrogens with zero attached hydrogens (tertiary/aromatic N) is 4. The number of aromatic nitrogens is 3. The Bertz CT molecular complexity index is 1140. The number of benzene rings is 2. The highest BCUT2D eigenvalue weighted by Gasteiger charge is 2.32. The average Bonchev–Trinajstić information content (AvgIpc) is 3.14. The first-order chi connectivity index (χ1) is 16.4. The number of aryl methyl sites for hydroxylation is 1. The van der Waals surface area contributed by atoms with Gasteiger partial charge in [-0.3, -0.25) is 9.58 Å². The molecule has 2 aromatic carbocycles. The molecule has 3 rings (SSSR count). The van der Waals surface area contributed by atoms with Crippen LogP contribution in [0.1, 0.15) is 37.7 Å². The molecule has 0 amide bonds. The van der Waals surface area contributed by atoms with Crippen molar-refractivity contribution in [3.63, 3.8) is 0 Å². The molecule has 0 fully saturated rings. The maximum absolute atomic E-state index is 12.8. The summed E-state index contributed by atoms with van der Waals surface area (Å²) in [5, 5.41) is 4.35. The fraction of sp³-hybridized carbons (Fsp3) is 0.400. The molecular formula is C25H29F3N4O3. The quantitative estimate of drug-likeness (QED) is 0.400. The van der Waals surface area contributed by atoms with Crippen molar-refractivity contribution in [1.82, 2.24) is 19.7 Å². The Labute approximate surface area is 202 Å². The van der Waals surface area contributed by atoms with E-state index in [0.29, 0.717) is 36.1 Å². The number of carbonyl (C=O) groups excluding carboxylic acids is 1. The Morgan fingerprint density at radius 3 is 2.23 bits per heavy atom. The second-order valence-electron chi connectivity index (χ2n) is 8.70. The maximum Gasteiger partial charge on any atom is 0.416 e. The summed E-state index contributed by atoms with van der Waals surface area (Å²) in [6.07, 6.45) is -4.38. The van der Waals surface area contributed by atoms with E-state index in [9.17, 15) is 18.0 Å². The smallest absolute Gasteiger partial charge is 0.416 e. The summed E-state index contributed by atoms with van der Waals surface area (Å²) in [5.41, 5.74) is -0.259. The van der Waals surface area contributed by atoms with Crippen molar-refractivity contribution in [2.45, 2.75) is 45.6 Å². The van der Waals surface area contributed by atoms with Crippen LogP contribution in [0, 0.1) is 0 Å². The summed E-state index contributed by atoms with van der Waals surface area (Å²) < 4.78 is 50.9. The number of alkyl halides is 3. The molecule has 7 nitrogen and oxygen atoms in total. The molecular weight excluding hydrogens is 461 g/mol. The molecule has 0 unspecified atom stereocenters. The molecule has 10 heteroatoms. The average molecular weight is 491 g/mol. The third-order valence-corrected chi connectivity index (χ3v) is 5.25. The van der Waals surface area contributed by atoms with Gasteiger partial charge in [-0.25, -0.2) is 9.78 Å². The Kier molecular flexibility index (Phi) is 7.84. The lowest BCUT2D eigenvalue weighted by Crippen LogP contribution is -2.39. The molecule has 0 aliphatic carbocycles. The lowest BCUT2D eigenvalue weighted by molar-refractivity contribution is -0.158. The van der Waals surface area contributed by atoms with Crippen molar-refractivity contribution >= 4 is 5.97 Å². The zero-order valence-electron chi connectivity index (χ0n) is 20.4. The summed E-state index contributed by atoms with van der Waals surface area (Å²) >= 11 is 0. The summed E-state index contributed by atoms with van der Waals surface area (Å²) in [7, 11) is 3.68. The third-order valence-electron chi connectivity index (χ3n) is 5.25. The first kappa shape index (κ1) is 26.2. The topological polar surface area (TPSA) is 69.5 Å². The van der Waals surface area contributed by atoms with E-state index >= 15 is 0 Å². The molecule has 35 heavy (non-hydrogen) atoms. The van der Waals surface area contributed by atoms with Crippen molar-refractivity contribution in [3.8, 4) is 17.1 Å². The van der Waals surface area contributed by atoms with Crippen LogP contribution < -0.4 is 4.74 Å². The lowest BCUT2D eigenvalue weighted by Gasteiger charge is -2.24. The number of hydrogen-bond donors (Lipinski definition) is 0. The van der Waals surface area contributed by atoms with Crippen LogP contribution in [0.4, 0.5) is 13.2 Å². The van der Waals surface area contributed by atoms with Crippen LogP contribution >= 0.6 is 0 Å². The number of carbonyl (C=O) groups is 1. The predicted octanol–water partition coefficient (Wildman–Crippen LogP) is 4.85. The van der Waals surface area contributed by atoms with Gasteiger partial charge in [0.05, 0.1) is 18.7 Å². The molecule has 1 aromatic heterocycles. The monoisotopic (exact) mass is 490 g/mol. The van der Waals surface area contributed by atoms with Gasteiger partial charge < -0.3 is 9.47 Å². The van der Waals surface area contributed by atoms with Crippen molar-refractivity contribution < 1.29 is 27.4 Å². The first-order valence-electron chi connectivity index (χ1n) is 11.1. The van der Waals surface area contributed by atoms with Crippen LogP contribution in [0.5, 0.6) is 5.75 Å². The van der Waals surface area contributed by atoms with E-state index in [1.807, 2.05) is 24.1 Å². The zero-order valence-corrected chi connectivity index (χ0v) is 20.4. The number of halogens is 3. The van der Waals surface area contributed by atoms with Crippen LogP contribution in [0.15, 0.2) is 48.5 Å². The Hall–Kier alpha value is -3.40. The van der Waals surface area contributed by atoms with E-state index in [2.05, 4.69) is 10.1 Å². The predicted molar refractivity (Wildman–Crippen MR) is 124 cm³/mol. The van der Waals surface area contributed by atoms with Crippen LogP contribution in [-0.4, -0.2) is 44.9 Å². The van der Waals surface area contributed by atoms with Crippen molar-refractivity contribution in [2.24, 2.45) is 7.05 Å². The molecule has 0 atom stereocenters. The molecule has 0 saturated heterocycles. The fourth-order valence-electron chi connectivity index (χ4n) is 3.40. The third kappa shape index (κ3) is 6.82. The van der Waals surface area contributed by atoms with E-state index < -0.39 is 23.3 Å². The van der Waals surface area contributed by atoms with Crippen LogP contribution in [0.3, 0.4) is 0 Å².